The number of hydrogen-bond donors (Lipinski definition) is 0. The maximum absolute atomic E-state index is 13.2. The monoisotopic (exact) mass is 454 g/mol. The highest BCUT2D eigenvalue weighted by molar-refractivity contribution is 7.87. The summed E-state index contributed by atoms with van der Waals surface area (Å²) in [7, 11) is -5.98. The average molecular weight is 454 g/mol. The zero-order chi connectivity index (χ0) is 22.4. The highest BCUT2D eigenvalue weighted by Crippen LogP contribution is 2.67. The SMILES string of the molecule is C=CC[C@]1(C(=O)OCC)C(OS(=O)(=O)C(F)(F)F)=CC[C@@]2(C)[C@H]1CCC21OCCO1. The lowest BCUT2D eigenvalue weighted by Crippen LogP contribution is -2.56. The highest BCUT2D eigenvalue weighted by atomic mass is 32.2. The number of allylic oxidation sites excluding steroid dienone is 2. The minimum atomic E-state index is -5.98. The van der Waals surface area contributed by atoms with Crippen LogP contribution in [0.3, 0.4) is 0 Å². The Kier molecular flexibility index (Phi) is 5.79. The summed E-state index contributed by atoms with van der Waals surface area (Å²) in [6, 6.07) is 0. The molecule has 170 valence electrons. The van der Waals surface area contributed by atoms with Gasteiger partial charge in [0.2, 0.25) is 0 Å². The molecule has 0 N–H and O–H groups in total. The topological polar surface area (TPSA) is 88.1 Å². The molecule has 11 heteroatoms. The number of hydrogen-bond acceptors (Lipinski definition) is 7. The predicted octanol–water partition coefficient (Wildman–Crippen LogP) is 3.43. The van der Waals surface area contributed by atoms with Crippen LogP contribution in [-0.2, 0) is 33.3 Å². The first-order valence-electron chi connectivity index (χ1n) is 9.67. The van der Waals surface area contributed by atoms with E-state index in [1.807, 2.05) is 6.92 Å². The number of esters is 1. The summed E-state index contributed by atoms with van der Waals surface area (Å²) in [5.74, 6) is -3.11. The van der Waals surface area contributed by atoms with E-state index in [4.69, 9.17) is 14.2 Å². The van der Waals surface area contributed by atoms with Crippen molar-refractivity contribution >= 4 is 16.1 Å². The number of alkyl halides is 3. The fourth-order valence-electron chi connectivity index (χ4n) is 5.21. The van der Waals surface area contributed by atoms with Crippen LogP contribution in [0.15, 0.2) is 24.5 Å². The zero-order valence-electron chi connectivity index (χ0n) is 16.8. The van der Waals surface area contributed by atoms with Crippen LogP contribution in [0.25, 0.3) is 0 Å². The van der Waals surface area contributed by atoms with Gasteiger partial charge in [0.25, 0.3) is 0 Å². The summed E-state index contributed by atoms with van der Waals surface area (Å²) < 4.78 is 84.3. The molecule has 1 heterocycles. The van der Waals surface area contributed by atoms with Gasteiger partial charge in [0, 0.05) is 11.8 Å². The minimum absolute atomic E-state index is 0.0431. The lowest BCUT2D eigenvalue weighted by Gasteiger charge is -2.51. The quantitative estimate of drug-likeness (QED) is 0.263. The molecule has 0 aromatic rings. The van der Waals surface area contributed by atoms with Crippen LogP contribution < -0.4 is 0 Å². The molecule has 2 fully saturated rings. The number of rotatable bonds is 6. The molecule has 1 saturated carbocycles. The van der Waals surface area contributed by atoms with Crippen LogP contribution >= 0.6 is 0 Å². The summed E-state index contributed by atoms with van der Waals surface area (Å²) >= 11 is 0. The Bertz CT molecular complexity index is 845. The Balaban J connectivity index is 2.17. The number of carbonyl (C=O) groups is 1. The van der Waals surface area contributed by atoms with Crippen LogP contribution in [0, 0.1) is 16.7 Å². The Labute approximate surface area is 173 Å². The second kappa shape index (κ2) is 7.52. The van der Waals surface area contributed by atoms with E-state index < -0.39 is 49.9 Å². The molecule has 3 aliphatic rings. The van der Waals surface area contributed by atoms with E-state index >= 15 is 0 Å². The summed E-state index contributed by atoms with van der Waals surface area (Å²) in [6.07, 6.45) is 3.26. The van der Waals surface area contributed by atoms with Crippen molar-refractivity contribution in [2.75, 3.05) is 19.8 Å². The van der Waals surface area contributed by atoms with Gasteiger partial charge in [-0.2, -0.15) is 21.6 Å². The third kappa shape index (κ3) is 3.16. The van der Waals surface area contributed by atoms with Crippen molar-refractivity contribution in [3.8, 4) is 0 Å². The first-order valence-corrected chi connectivity index (χ1v) is 11.1. The molecular formula is C19H25F3O7S. The van der Waals surface area contributed by atoms with E-state index in [0.717, 1.165) is 0 Å². The lowest BCUT2D eigenvalue weighted by atomic mass is 9.56. The normalized spacial score (nSPS) is 33.1. The highest BCUT2D eigenvalue weighted by Gasteiger charge is 2.71. The molecular weight excluding hydrogens is 429 g/mol. The third-order valence-corrected chi connectivity index (χ3v) is 7.46. The van der Waals surface area contributed by atoms with Gasteiger partial charge in [-0.25, -0.2) is 0 Å². The molecule has 7 nitrogen and oxygen atoms in total. The molecule has 1 spiro atoms. The van der Waals surface area contributed by atoms with Crippen LogP contribution in [0.1, 0.15) is 39.5 Å². The Morgan fingerprint density at radius 1 is 1.37 bits per heavy atom. The molecule has 0 amide bonds. The Hall–Kier alpha value is -1.59. The van der Waals surface area contributed by atoms with Gasteiger partial charge in [-0.1, -0.05) is 13.0 Å². The number of halogens is 3. The maximum Gasteiger partial charge on any atom is 0.534 e. The van der Waals surface area contributed by atoms with E-state index in [1.54, 1.807) is 6.92 Å². The van der Waals surface area contributed by atoms with Gasteiger partial charge < -0.3 is 18.4 Å². The molecule has 0 aromatic carbocycles. The first-order chi connectivity index (χ1) is 13.9. The van der Waals surface area contributed by atoms with Crippen molar-refractivity contribution in [3.63, 3.8) is 0 Å². The van der Waals surface area contributed by atoms with Crippen LogP contribution in [0.2, 0.25) is 0 Å². The van der Waals surface area contributed by atoms with Gasteiger partial charge in [-0.15, -0.1) is 6.58 Å². The average Bonchev–Trinajstić information content (AvgIpc) is 3.23. The molecule has 3 rings (SSSR count). The van der Waals surface area contributed by atoms with Crippen LogP contribution in [-0.4, -0.2) is 45.5 Å². The summed E-state index contributed by atoms with van der Waals surface area (Å²) in [6.45, 7) is 7.67. The fraction of sp³-hybridized carbons (Fsp3) is 0.737. The van der Waals surface area contributed by atoms with Crippen LogP contribution in [0.5, 0.6) is 0 Å². The van der Waals surface area contributed by atoms with Crippen LogP contribution in [0.4, 0.5) is 13.2 Å². The molecule has 0 radical (unpaired) electrons. The molecule has 0 aromatic heterocycles. The van der Waals surface area contributed by atoms with E-state index in [1.165, 1.54) is 12.2 Å². The molecule has 3 atom stereocenters. The zero-order valence-corrected chi connectivity index (χ0v) is 17.6. The minimum Gasteiger partial charge on any atom is -0.465 e. The summed E-state index contributed by atoms with van der Waals surface area (Å²) in [5.41, 5.74) is -8.26. The second-order valence-electron chi connectivity index (χ2n) is 7.90. The predicted molar refractivity (Wildman–Crippen MR) is 98.1 cm³/mol. The van der Waals surface area contributed by atoms with Crippen molar-refractivity contribution in [3.05, 3.63) is 24.5 Å². The van der Waals surface area contributed by atoms with E-state index in [2.05, 4.69) is 10.8 Å². The number of fused-ring (bicyclic) bond motifs is 2. The van der Waals surface area contributed by atoms with E-state index in [9.17, 15) is 26.4 Å². The largest absolute Gasteiger partial charge is 0.534 e. The maximum atomic E-state index is 13.2. The van der Waals surface area contributed by atoms with E-state index in [-0.39, 0.29) is 19.4 Å². The third-order valence-electron chi connectivity index (χ3n) is 6.49. The lowest BCUT2D eigenvalue weighted by molar-refractivity contribution is -0.234. The smallest absolute Gasteiger partial charge is 0.465 e. The van der Waals surface area contributed by atoms with Gasteiger partial charge in [0.15, 0.2) is 5.79 Å². The molecule has 1 aliphatic heterocycles. The van der Waals surface area contributed by atoms with Gasteiger partial charge in [-0.05, 0) is 38.2 Å². The Morgan fingerprint density at radius 2 is 2.00 bits per heavy atom. The van der Waals surface area contributed by atoms with Gasteiger partial charge in [0.05, 0.1) is 19.8 Å². The fourth-order valence-corrected chi connectivity index (χ4v) is 5.76. The Morgan fingerprint density at radius 3 is 2.53 bits per heavy atom. The number of ether oxygens (including phenoxy) is 3. The second-order valence-corrected chi connectivity index (χ2v) is 9.44. The van der Waals surface area contributed by atoms with Crippen molar-refractivity contribution in [2.45, 2.75) is 50.8 Å². The van der Waals surface area contributed by atoms with Crippen molar-refractivity contribution in [1.29, 1.82) is 0 Å². The standard InChI is InChI=1S/C19H25F3O7S/c1-4-8-17(15(23)26-5-2)13-6-10-18(27-11-12-28-18)16(13,3)9-7-14(17)29-30(24,25)19(20,21)22/h4,7,13H,1,5-6,8-12H2,2-3H3/t13-,16+,17-/m1/s1. The van der Waals surface area contributed by atoms with Crippen molar-refractivity contribution in [1.82, 2.24) is 0 Å². The van der Waals surface area contributed by atoms with Crippen molar-refractivity contribution in [2.24, 2.45) is 16.7 Å². The van der Waals surface area contributed by atoms with E-state index in [0.29, 0.717) is 26.1 Å². The molecule has 30 heavy (non-hydrogen) atoms. The summed E-state index contributed by atoms with van der Waals surface area (Å²) in [4.78, 5) is 13.2. The first kappa shape index (κ1) is 23.1. The van der Waals surface area contributed by atoms with Gasteiger partial charge in [0.1, 0.15) is 11.2 Å². The van der Waals surface area contributed by atoms with Gasteiger partial charge in [-0.3, -0.25) is 4.79 Å². The van der Waals surface area contributed by atoms with Crippen molar-refractivity contribution < 1.29 is 44.8 Å². The molecule has 0 bridgehead atoms. The molecule has 0 unspecified atom stereocenters. The molecule has 1 saturated heterocycles. The number of carbonyl (C=O) groups excluding carboxylic acids is 1. The molecule has 2 aliphatic carbocycles. The van der Waals surface area contributed by atoms with Gasteiger partial charge >= 0.3 is 21.6 Å². The summed E-state index contributed by atoms with van der Waals surface area (Å²) in [5, 5.41) is 0.